The van der Waals surface area contributed by atoms with Crippen LogP contribution in [0.15, 0.2) is 53.7 Å². The van der Waals surface area contributed by atoms with Crippen molar-refractivity contribution in [2.24, 2.45) is 0 Å². The lowest BCUT2D eigenvalue weighted by Crippen LogP contribution is -2.46. The Kier molecular flexibility index (Phi) is 5.92. The zero-order valence-corrected chi connectivity index (χ0v) is 16.7. The van der Waals surface area contributed by atoms with Crippen molar-refractivity contribution < 1.29 is 23.8 Å². The molecule has 0 aliphatic carbocycles. The third-order valence-electron chi connectivity index (χ3n) is 4.62. The molecule has 0 unspecified atom stereocenters. The number of ether oxygens (including phenoxy) is 3. The van der Waals surface area contributed by atoms with Crippen LogP contribution in [0, 0.1) is 0 Å². The first kappa shape index (κ1) is 20.1. The van der Waals surface area contributed by atoms with E-state index >= 15 is 0 Å². The number of carbonyl (C=O) groups is 2. The summed E-state index contributed by atoms with van der Waals surface area (Å²) in [5, 5.41) is 8.31. The lowest BCUT2D eigenvalue weighted by Gasteiger charge is -2.29. The highest BCUT2D eigenvalue weighted by molar-refractivity contribution is 6.07. The summed E-state index contributed by atoms with van der Waals surface area (Å²) in [4.78, 5) is 25.3. The van der Waals surface area contributed by atoms with E-state index in [0.29, 0.717) is 39.8 Å². The largest absolute Gasteiger partial charge is 0.497 e. The fraction of sp³-hybridized carbons (Fsp3) is 0.238. The molecule has 3 rings (SSSR count). The first-order valence-corrected chi connectivity index (χ1v) is 8.93. The molecule has 0 aromatic heterocycles. The van der Waals surface area contributed by atoms with Gasteiger partial charge in [0.25, 0.3) is 5.91 Å². The zero-order valence-electron chi connectivity index (χ0n) is 16.7. The molecule has 1 aliphatic heterocycles. The van der Waals surface area contributed by atoms with Gasteiger partial charge in [0, 0.05) is 17.3 Å². The maximum Gasteiger partial charge on any atom is 0.319 e. The second-order valence-corrected chi connectivity index (χ2v) is 6.33. The normalized spacial score (nSPS) is 15.9. The number of urea groups is 1. The Balaban J connectivity index is 1.99. The van der Waals surface area contributed by atoms with E-state index in [1.807, 2.05) is 18.2 Å². The number of methoxy groups -OCH3 is 3. The van der Waals surface area contributed by atoms with E-state index in [4.69, 9.17) is 14.2 Å². The molecular weight excluding hydrogens is 374 g/mol. The summed E-state index contributed by atoms with van der Waals surface area (Å²) in [6.07, 6.45) is 0. The number of anilines is 1. The molecule has 0 spiro atoms. The van der Waals surface area contributed by atoms with E-state index in [9.17, 15) is 9.59 Å². The average molecular weight is 397 g/mol. The van der Waals surface area contributed by atoms with E-state index in [-0.39, 0.29) is 5.91 Å². The van der Waals surface area contributed by atoms with Gasteiger partial charge in [0.1, 0.15) is 17.2 Å². The highest BCUT2D eigenvalue weighted by Gasteiger charge is 2.33. The minimum absolute atomic E-state index is 0.368. The Morgan fingerprint density at radius 1 is 1.00 bits per heavy atom. The van der Waals surface area contributed by atoms with Crippen LogP contribution in [0.25, 0.3) is 0 Å². The van der Waals surface area contributed by atoms with Crippen molar-refractivity contribution in [2.45, 2.75) is 13.0 Å². The minimum Gasteiger partial charge on any atom is -0.497 e. The van der Waals surface area contributed by atoms with E-state index < -0.39 is 12.1 Å². The number of nitrogens with one attached hydrogen (secondary N) is 3. The fourth-order valence-electron chi connectivity index (χ4n) is 3.22. The lowest BCUT2D eigenvalue weighted by molar-refractivity contribution is -0.113. The predicted octanol–water partition coefficient (Wildman–Crippen LogP) is 2.98. The molecule has 0 radical (unpaired) electrons. The van der Waals surface area contributed by atoms with Gasteiger partial charge >= 0.3 is 6.03 Å². The molecule has 8 heteroatoms. The Morgan fingerprint density at radius 3 is 2.41 bits per heavy atom. The van der Waals surface area contributed by atoms with Gasteiger partial charge in [0.2, 0.25) is 0 Å². The van der Waals surface area contributed by atoms with Crippen molar-refractivity contribution in [1.82, 2.24) is 10.6 Å². The summed E-state index contributed by atoms with van der Waals surface area (Å²) in [6, 6.07) is 11.3. The van der Waals surface area contributed by atoms with Crippen LogP contribution in [-0.4, -0.2) is 33.3 Å². The highest BCUT2D eigenvalue weighted by Crippen LogP contribution is 2.35. The maximum atomic E-state index is 13.2. The number of rotatable bonds is 6. The van der Waals surface area contributed by atoms with Gasteiger partial charge in [-0.3, -0.25) is 4.79 Å². The van der Waals surface area contributed by atoms with Crippen molar-refractivity contribution in [3.63, 3.8) is 0 Å². The summed E-state index contributed by atoms with van der Waals surface area (Å²) < 4.78 is 16.0. The Bertz CT molecular complexity index is 971. The van der Waals surface area contributed by atoms with Crippen LogP contribution < -0.4 is 30.2 Å². The number of para-hydroxylation sites is 1. The first-order chi connectivity index (χ1) is 14.0. The molecule has 1 atom stereocenters. The number of allylic oxidation sites excluding steroid dienone is 1. The average Bonchev–Trinajstić information content (AvgIpc) is 2.73. The van der Waals surface area contributed by atoms with E-state index in [0.717, 1.165) is 0 Å². The monoisotopic (exact) mass is 397 g/mol. The van der Waals surface area contributed by atoms with Crippen molar-refractivity contribution in [1.29, 1.82) is 0 Å². The molecule has 0 fully saturated rings. The van der Waals surface area contributed by atoms with Crippen molar-refractivity contribution >= 4 is 17.6 Å². The maximum absolute atomic E-state index is 13.2. The summed E-state index contributed by atoms with van der Waals surface area (Å²) in [5.74, 6) is 1.25. The molecule has 0 saturated carbocycles. The molecule has 152 valence electrons. The van der Waals surface area contributed by atoms with Gasteiger partial charge in [-0.1, -0.05) is 18.2 Å². The minimum atomic E-state index is -0.677. The van der Waals surface area contributed by atoms with Gasteiger partial charge < -0.3 is 30.2 Å². The molecule has 2 aromatic carbocycles. The third kappa shape index (κ3) is 4.11. The smallest absolute Gasteiger partial charge is 0.319 e. The quantitative estimate of drug-likeness (QED) is 0.696. The highest BCUT2D eigenvalue weighted by atomic mass is 16.5. The number of hydrogen-bond donors (Lipinski definition) is 3. The topological polar surface area (TPSA) is 97.9 Å². The molecule has 29 heavy (non-hydrogen) atoms. The van der Waals surface area contributed by atoms with Gasteiger partial charge in [-0.25, -0.2) is 4.79 Å². The second-order valence-electron chi connectivity index (χ2n) is 6.33. The summed E-state index contributed by atoms with van der Waals surface area (Å²) >= 11 is 0. The molecule has 0 bridgehead atoms. The Morgan fingerprint density at radius 2 is 1.72 bits per heavy atom. The third-order valence-corrected chi connectivity index (χ3v) is 4.62. The second kappa shape index (κ2) is 8.55. The van der Waals surface area contributed by atoms with Crippen LogP contribution in [0.3, 0.4) is 0 Å². The molecule has 3 N–H and O–H groups in total. The van der Waals surface area contributed by atoms with Crippen molar-refractivity contribution in [3.8, 4) is 17.2 Å². The van der Waals surface area contributed by atoms with Gasteiger partial charge in [-0.15, -0.1) is 0 Å². The van der Waals surface area contributed by atoms with Crippen LogP contribution >= 0.6 is 0 Å². The van der Waals surface area contributed by atoms with Crippen LogP contribution in [-0.2, 0) is 4.79 Å². The Hall–Kier alpha value is -3.68. The number of hydrogen-bond acceptors (Lipinski definition) is 5. The van der Waals surface area contributed by atoms with E-state index in [1.165, 1.54) is 7.11 Å². The van der Waals surface area contributed by atoms with Gasteiger partial charge in [-0.05, 0) is 25.1 Å². The van der Waals surface area contributed by atoms with E-state index in [2.05, 4.69) is 16.0 Å². The molecule has 1 heterocycles. The molecular formula is C21H23N3O5. The van der Waals surface area contributed by atoms with Crippen LogP contribution in [0.2, 0.25) is 0 Å². The van der Waals surface area contributed by atoms with Crippen LogP contribution in [0.4, 0.5) is 10.5 Å². The lowest BCUT2D eigenvalue weighted by atomic mass is 9.94. The standard InChI is InChI=1S/C21H23N3O5/c1-12-18(20(25)23-15-10-9-13(27-2)11-17(15)29-4)19(24-21(26)22-12)14-7-5-6-8-16(14)28-3/h5-11,19H,1-4H3,(H,23,25)(H2,22,24,26)/t19-/m1/s1. The van der Waals surface area contributed by atoms with Crippen molar-refractivity contribution in [3.05, 3.63) is 59.3 Å². The Labute approximate surface area is 168 Å². The van der Waals surface area contributed by atoms with Crippen LogP contribution in [0.1, 0.15) is 18.5 Å². The van der Waals surface area contributed by atoms with Gasteiger partial charge in [0.05, 0.1) is 38.6 Å². The SMILES string of the molecule is COc1ccc(NC(=O)C2=C(C)NC(=O)N[C@@H]2c2ccccc2OC)c(OC)c1. The van der Waals surface area contributed by atoms with Crippen LogP contribution in [0.5, 0.6) is 17.2 Å². The molecule has 8 nitrogen and oxygen atoms in total. The summed E-state index contributed by atoms with van der Waals surface area (Å²) in [6.45, 7) is 1.68. The predicted molar refractivity (Wildman–Crippen MR) is 108 cm³/mol. The van der Waals surface area contributed by atoms with Gasteiger partial charge in [0.15, 0.2) is 0 Å². The first-order valence-electron chi connectivity index (χ1n) is 8.93. The molecule has 0 saturated heterocycles. The van der Waals surface area contributed by atoms with Crippen molar-refractivity contribution in [2.75, 3.05) is 26.6 Å². The van der Waals surface area contributed by atoms with Gasteiger partial charge in [-0.2, -0.15) is 0 Å². The number of amides is 3. The number of carbonyl (C=O) groups excluding carboxylic acids is 2. The molecule has 3 amide bonds. The summed E-state index contributed by atoms with van der Waals surface area (Å²) in [7, 11) is 4.60. The molecule has 1 aliphatic rings. The fourth-order valence-corrected chi connectivity index (χ4v) is 3.22. The number of benzene rings is 2. The molecule has 2 aromatic rings. The van der Waals surface area contributed by atoms with E-state index in [1.54, 1.807) is 45.4 Å². The summed E-state index contributed by atoms with van der Waals surface area (Å²) in [5.41, 5.74) is 1.98. The zero-order chi connectivity index (χ0) is 21.0.